The number of aromatic amines is 1. The number of benzene rings is 2. The summed E-state index contributed by atoms with van der Waals surface area (Å²) >= 11 is 0. The van der Waals surface area contributed by atoms with Gasteiger partial charge in [-0.15, -0.1) is 0 Å². The molecule has 1 saturated heterocycles. The van der Waals surface area contributed by atoms with Crippen molar-refractivity contribution < 1.29 is 27.8 Å². The number of nitrogens with zero attached hydrogens (tertiary/aromatic N) is 1. The average Bonchev–Trinajstić information content (AvgIpc) is 3.44. The molecule has 0 radical (unpaired) electrons. The number of H-pyrrole nitrogens is 1. The fraction of sp³-hybridized carbons (Fsp3) is 0.364. The van der Waals surface area contributed by atoms with Crippen LogP contribution in [0.5, 0.6) is 11.5 Å². The lowest BCUT2D eigenvalue weighted by Crippen LogP contribution is -2.44. The number of amides is 1. The van der Waals surface area contributed by atoms with Gasteiger partial charge in [0.05, 0.1) is 11.0 Å². The van der Waals surface area contributed by atoms with Gasteiger partial charge in [-0.2, -0.15) is 0 Å². The number of carbonyl (C=O) groups excluding carboxylic acids is 1. The summed E-state index contributed by atoms with van der Waals surface area (Å²) in [5.41, 5.74) is 1.94. The SMILES string of the molecule is O=C(NCC1(c2ccc3c(c2)OCO3)CCOCC1)c1ccc2nc(C(F)F)[nH]c2c1. The molecule has 0 atom stereocenters. The predicted molar refractivity (Wildman–Crippen MR) is 108 cm³/mol. The van der Waals surface area contributed by atoms with Crippen LogP contribution in [-0.2, 0) is 10.2 Å². The van der Waals surface area contributed by atoms with Crippen molar-refractivity contribution in [1.29, 1.82) is 0 Å². The molecule has 0 unspecified atom stereocenters. The molecule has 1 fully saturated rings. The van der Waals surface area contributed by atoms with Crippen LogP contribution < -0.4 is 14.8 Å². The van der Waals surface area contributed by atoms with Gasteiger partial charge in [0.1, 0.15) is 0 Å². The fourth-order valence-corrected chi connectivity index (χ4v) is 4.18. The van der Waals surface area contributed by atoms with E-state index in [0.29, 0.717) is 47.9 Å². The number of hydrogen-bond acceptors (Lipinski definition) is 5. The van der Waals surface area contributed by atoms with E-state index in [-0.39, 0.29) is 18.1 Å². The number of halogens is 2. The van der Waals surface area contributed by atoms with Crippen molar-refractivity contribution in [3.8, 4) is 11.5 Å². The normalized spacial score (nSPS) is 17.3. The minimum absolute atomic E-state index is 0.203. The summed E-state index contributed by atoms with van der Waals surface area (Å²) in [5, 5.41) is 3.02. The zero-order chi connectivity index (χ0) is 21.4. The molecule has 0 bridgehead atoms. The van der Waals surface area contributed by atoms with Crippen LogP contribution in [0.15, 0.2) is 36.4 Å². The van der Waals surface area contributed by atoms with E-state index in [1.54, 1.807) is 18.2 Å². The molecule has 9 heteroatoms. The van der Waals surface area contributed by atoms with Crippen LogP contribution in [0.1, 0.15) is 41.0 Å². The van der Waals surface area contributed by atoms with Crippen molar-refractivity contribution in [2.45, 2.75) is 24.7 Å². The van der Waals surface area contributed by atoms with E-state index < -0.39 is 12.2 Å². The number of imidazole rings is 1. The Morgan fingerprint density at radius 1 is 1.13 bits per heavy atom. The van der Waals surface area contributed by atoms with Crippen LogP contribution in [0.25, 0.3) is 11.0 Å². The van der Waals surface area contributed by atoms with E-state index in [1.807, 2.05) is 18.2 Å². The highest BCUT2D eigenvalue weighted by Crippen LogP contribution is 2.40. The first-order valence-electron chi connectivity index (χ1n) is 10.1. The summed E-state index contributed by atoms with van der Waals surface area (Å²) in [4.78, 5) is 19.3. The maximum Gasteiger partial charge on any atom is 0.295 e. The molecule has 2 aliphatic rings. The Hall–Kier alpha value is -3.20. The Morgan fingerprint density at radius 3 is 2.74 bits per heavy atom. The van der Waals surface area contributed by atoms with Gasteiger partial charge in [0.2, 0.25) is 6.79 Å². The number of carbonyl (C=O) groups is 1. The monoisotopic (exact) mass is 429 g/mol. The Morgan fingerprint density at radius 2 is 1.94 bits per heavy atom. The smallest absolute Gasteiger partial charge is 0.295 e. The fourth-order valence-electron chi connectivity index (χ4n) is 4.18. The van der Waals surface area contributed by atoms with E-state index in [2.05, 4.69) is 15.3 Å². The van der Waals surface area contributed by atoms with Crippen molar-refractivity contribution in [3.63, 3.8) is 0 Å². The van der Waals surface area contributed by atoms with Crippen LogP contribution in [0.4, 0.5) is 8.78 Å². The van der Waals surface area contributed by atoms with Gasteiger partial charge in [-0.3, -0.25) is 4.79 Å². The van der Waals surface area contributed by atoms with Gasteiger partial charge in [0, 0.05) is 30.7 Å². The Kier molecular flexibility index (Phi) is 4.97. The van der Waals surface area contributed by atoms with Gasteiger partial charge in [0.15, 0.2) is 17.3 Å². The first kappa shape index (κ1) is 19.7. The lowest BCUT2D eigenvalue weighted by atomic mass is 9.74. The van der Waals surface area contributed by atoms with Crippen LogP contribution in [0.2, 0.25) is 0 Å². The van der Waals surface area contributed by atoms with Gasteiger partial charge < -0.3 is 24.5 Å². The van der Waals surface area contributed by atoms with Crippen LogP contribution in [0.3, 0.4) is 0 Å². The number of ether oxygens (including phenoxy) is 3. The Balaban J connectivity index is 1.37. The summed E-state index contributed by atoms with van der Waals surface area (Å²) in [6, 6.07) is 10.6. The lowest BCUT2D eigenvalue weighted by molar-refractivity contribution is 0.0486. The van der Waals surface area contributed by atoms with Crippen LogP contribution >= 0.6 is 0 Å². The Labute approximate surface area is 176 Å². The number of rotatable bonds is 5. The van der Waals surface area contributed by atoms with Crippen molar-refractivity contribution in [1.82, 2.24) is 15.3 Å². The van der Waals surface area contributed by atoms with Crippen molar-refractivity contribution in [3.05, 3.63) is 53.3 Å². The number of nitrogens with one attached hydrogen (secondary N) is 2. The molecule has 1 amide bonds. The van der Waals surface area contributed by atoms with E-state index in [0.717, 1.165) is 18.4 Å². The molecule has 162 valence electrons. The van der Waals surface area contributed by atoms with Gasteiger partial charge in [-0.25, -0.2) is 13.8 Å². The highest BCUT2D eigenvalue weighted by Gasteiger charge is 2.36. The predicted octanol–water partition coefficient (Wildman–Crippen LogP) is 3.71. The zero-order valence-electron chi connectivity index (χ0n) is 16.6. The first-order valence-corrected chi connectivity index (χ1v) is 10.1. The topological polar surface area (TPSA) is 85.5 Å². The molecule has 3 heterocycles. The molecule has 0 aliphatic carbocycles. The molecule has 0 saturated carbocycles. The summed E-state index contributed by atoms with van der Waals surface area (Å²) in [6.45, 7) is 1.81. The van der Waals surface area contributed by atoms with E-state index in [1.165, 1.54) is 0 Å². The van der Waals surface area contributed by atoms with E-state index in [9.17, 15) is 13.6 Å². The second kappa shape index (κ2) is 7.81. The highest BCUT2D eigenvalue weighted by molar-refractivity contribution is 5.97. The standard InChI is InChI=1S/C22H21F2N3O4/c23-19(24)20-26-15-3-1-13(9-16(15)27-20)21(28)25-11-22(5-7-29-8-6-22)14-2-4-17-18(10-14)31-12-30-17/h1-4,9-10,19H,5-8,11-12H2,(H,25,28)(H,26,27). The molecule has 1 aromatic heterocycles. The summed E-state index contributed by atoms with van der Waals surface area (Å²) in [5.74, 6) is 0.735. The maximum absolute atomic E-state index is 12.9. The number of alkyl halides is 2. The summed E-state index contributed by atoms with van der Waals surface area (Å²) in [6.07, 6.45) is -1.19. The van der Waals surface area contributed by atoms with E-state index in [4.69, 9.17) is 14.2 Å². The lowest BCUT2D eigenvalue weighted by Gasteiger charge is -2.38. The molecular weight excluding hydrogens is 408 g/mol. The van der Waals surface area contributed by atoms with Gasteiger partial charge in [-0.05, 0) is 48.7 Å². The molecular formula is C22H21F2N3O4. The van der Waals surface area contributed by atoms with Gasteiger partial charge >= 0.3 is 0 Å². The molecule has 5 rings (SSSR count). The van der Waals surface area contributed by atoms with Gasteiger partial charge in [0.25, 0.3) is 12.3 Å². The summed E-state index contributed by atoms with van der Waals surface area (Å²) in [7, 11) is 0. The first-order chi connectivity index (χ1) is 15.0. The minimum Gasteiger partial charge on any atom is -0.454 e. The van der Waals surface area contributed by atoms with Crippen molar-refractivity contribution in [2.24, 2.45) is 0 Å². The molecule has 2 aliphatic heterocycles. The van der Waals surface area contributed by atoms with Crippen LogP contribution in [0, 0.1) is 0 Å². The van der Waals surface area contributed by atoms with Crippen molar-refractivity contribution >= 4 is 16.9 Å². The molecule has 3 aromatic rings. The average molecular weight is 429 g/mol. The molecule has 2 aromatic carbocycles. The largest absolute Gasteiger partial charge is 0.454 e. The number of fused-ring (bicyclic) bond motifs is 2. The second-order valence-corrected chi connectivity index (χ2v) is 7.80. The third kappa shape index (κ3) is 3.69. The number of hydrogen-bond donors (Lipinski definition) is 2. The maximum atomic E-state index is 12.9. The summed E-state index contributed by atoms with van der Waals surface area (Å²) < 4.78 is 42.2. The third-order valence-electron chi connectivity index (χ3n) is 5.99. The van der Waals surface area contributed by atoms with Gasteiger partial charge in [-0.1, -0.05) is 6.07 Å². The molecule has 0 spiro atoms. The van der Waals surface area contributed by atoms with Crippen molar-refractivity contribution in [2.75, 3.05) is 26.6 Å². The second-order valence-electron chi connectivity index (χ2n) is 7.80. The molecule has 2 N–H and O–H groups in total. The number of aromatic nitrogens is 2. The molecule has 31 heavy (non-hydrogen) atoms. The highest BCUT2D eigenvalue weighted by atomic mass is 19.3. The zero-order valence-corrected chi connectivity index (χ0v) is 16.6. The Bertz CT molecular complexity index is 1130. The molecule has 7 nitrogen and oxygen atoms in total. The van der Waals surface area contributed by atoms with Crippen LogP contribution in [-0.4, -0.2) is 42.4 Å². The minimum atomic E-state index is -2.69. The third-order valence-corrected chi connectivity index (χ3v) is 5.99. The van der Waals surface area contributed by atoms with E-state index >= 15 is 0 Å². The quantitative estimate of drug-likeness (QED) is 0.646.